The first-order chi connectivity index (χ1) is 7.66. The van der Waals surface area contributed by atoms with Crippen LogP contribution in [0.15, 0.2) is 12.4 Å². The minimum absolute atomic E-state index is 0.0152. The van der Waals surface area contributed by atoms with Crippen molar-refractivity contribution in [1.82, 2.24) is 14.9 Å². The lowest BCUT2D eigenvalue weighted by atomic mass is 9.74. The minimum Gasteiger partial charge on any atom is -0.347 e. The topological polar surface area (TPSA) is 75.0 Å². The molecule has 0 aliphatic heterocycles. The highest BCUT2D eigenvalue weighted by Gasteiger charge is 2.42. The molecule has 1 aromatic rings. The Balaban J connectivity index is 2.76. The van der Waals surface area contributed by atoms with Gasteiger partial charge in [-0.2, -0.15) is 0 Å². The smallest absolute Gasteiger partial charge is 0.230 e. The number of nitrogens with zero attached hydrogens (tertiary/aromatic N) is 2. The number of rotatable bonds is 4. The second-order valence-electron chi connectivity index (χ2n) is 5.54. The Bertz CT molecular complexity index is 376. The molecule has 0 bridgehead atoms. The molecule has 5 heteroatoms. The number of carbonyl (C=O) groups excluding carboxylic acids is 1. The van der Waals surface area contributed by atoms with Crippen LogP contribution in [0.5, 0.6) is 0 Å². The van der Waals surface area contributed by atoms with E-state index in [1.165, 1.54) is 0 Å². The molecule has 1 aromatic heterocycles. The molecule has 1 rings (SSSR count). The quantitative estimate of drug-likeness (QED) is 0.825. The number of H-pyrrole nitrogens is 1. The van der Waals surface area contributed by atoms with Gasteiger partial charge in [0.05, 0.1) is 12.0 Å². The van der Waals surface area contributed by atoms with Crippen molar-refractivity contribution in [2.75, 3.05) is 7.05 Å². The van der Waals surface area contributed by atoms with Gasteiger partial charge in [0.2, 0.25) is 5.91 Å². The van der Waals surface area contributed by atoms with Gasteiger partial charge in [-0.15, -0.1) is 0 Å². The molecule has 3 N–H and O–H groups in total. The van der Waals surface area contributed by atoms with Crippen LogP contribution in [0.1, 0.15) is 33.5 Å². The van der Waals surface area contributed by atoms with Gasteiger partial charge in [-0.25, -0.2) is 4.98 Å². The third-order valence-corrected chi connectivity index (χ3v) is 3.43. The van der Waals surface area contributed by atoms with Crippen LogP contribution in [-0.2, 0) is 11.3 Å². The number of hydrogen-bond donors (Lipinski definition) is 2. The van der Waals surface area contributed by atoms with Gasteiger partial charge >= 0.3 is 0 Å². The van der Waals surface area contributed by atoms with E-state index < -0.39 is 11.0 Å². The van der Waals surface area contributed by atoms with Crippen molar-refractivity contribution in [3.05, 3.63) is 18.2 Å². The van der Waals surface area contributed by atoms with Crippen LogP contribution in [0.3, 0.4) is 0 Å². The third kappa shape index (κ3) is 2.85. The van der Waals surface area contributed by atoms with Crippen molar-refractivity contribution in [2.45, 2.75) is 39.8 Å². The van der Waals surface area contributed by atoms with E-state index in [2.05, 4.69) is 9.97 Å². The Morgan fingerprint density at radius 3 is 2.47 bits per heavy atom. The zero-order valence-electron chi connectivity index (χ0n) is 11.2. The van der Waals surface area contributed by atoms with E-state index in [9.17, 15) is 4.79 Å². The van der Waals surface area contributed by atoms with Crippen molar-refractivity contribution < 1.29 is 4.79 Å². The lowest BCUT2D eigenvalue weighted by molar-refractivity contribution is -0.142. The Kier molecular flexibility index (Phi) is 3.62. The average Bonchev–Trinajstić information content (AvgIpc) is 2.67. The molecule has 0 unspecified atom stereocenters. The monoisotopic (exact) mass is 238 g/mol. The summed E-state index contributed by atoms with van der Waals surface area (Å²) in [5, 5.41) is 0. The molecule has 0 atom stereocenters. The Labute approximate surface area is 102 Å². The van der Waals surface area contributed by atoms with Crippen molar-refractivity contribution in [1.29, 1.82) is 0 Å². The second-order valence-corrected chi connectivity index (χ2v) is 5.54. The normalized spacial score (nSPS) is 12.6. The van der Waals surface area contributed by atoms with E-state index in [-0.39, 0.29) is 5.91 Å². The van der Waals surface area contributed by atoms with Crippen LogP contribution in [0.2, 0.25) is 0 Å². The van der Waals surface area contributed by atoms with Gasteiger partial charge in [-0.1, -0.05) is 0 Å². The number of carbonyl (C=O) groups is 1. The molecule has 17 heavy (non-hydrogen) atoms. The molecule has 0 saturated heterocycles. The largest absolute Gasteiger partial charge is 0.347 e. The van der Waals surface area contributed by atoms with E-state index in [4.69, 9.17) is 5.73 Å². The fourth-order valence-corrected chi connectivity index (χ4v) is 1.43. The number of aromatic nitrogens is 2. The van der Waals surface area contributed by atoms with Crippen molar-refractivity contribution in [3.63, 3.8) is 0 Å². The van der Waals surface area contributed by atoms with Gasteiger partial charge < -0.3 is 15.6 Å². The summed E-state index contributed by atoms with van der Waals surface area (Å²) >= 11 is 0. The molecule has 1 heterocycles. The van der Waals surface area contributed by atoms with E-state index in [0.717, 1.165) is 5.82 Å². The van der Waals surface area contributed by atoms with Crippen LogP contribution in [0.4, 0.5) is 0 Å². The summed E-state index contributed by atoms with van der Waals surface area (Å²) in [5.74, 6) is 0.785. The second kappa shape index (κ2) is 4.49. The van der Waals surface area contributed by atoms with Crippen LogP contribution in [-0.4, -0.2) is 33.4 Å². The molecule has 0 aliphatic rings. The van der Waals surface area contributed by atoms with Gasteiger partial charge in [0.15, 0.2) is 0 Å². The highest BCUT2D eigenvalue weighted by Crippen LogP contribution is 2.30. The van der Waals surface area contributed by atoms with Crippen LogP contribution in [0, 0.1) is 5.41 Å². The summed E-state index contributed by atoms with van der Waals surface area (Å²) in [7, 11) is 1.76. The summed E-state index contributed by atoms with van der Waals surface area (Å²) in [5.41, 5.74) is 4.87. The molecule has 0 aliphatic carbocycles. The number of hydrogen-bond acceptors (Lipinski definition) is 3. The predicted molar refractivity (Wildman–Crippen MR) is 67.1 cm³/mol. The summed E-state index contributed by atoms with van der Waals surface area (Å²) in [6.45, 7) is 7.94. The molecule has 0 spiro atoms. The molecular weight excluding hydrogens is 216 g/mol. The van der Waals surface area contributed by atoms with E-state index in [0.29, 0.717) is 6.54 Å². The van der Waals surface area contributed by atoms with Gasteiger partial charge in [0, 0.05) is 25.0 Å². The van der Waals surface area contributed by atoms with Crippen LogP contribution >= 0.6 is 0 Å². The number of aromatic amines is 1. The molecule has 0 saturated carbocycles. The summed E-state index contributed by atoms with van der Waals surface area (Å²) in [6.07, 6.45) is 3.41. The molecule has 0 radical (unpaired) electrons. The average molecular weight is 238 g/mol. The van der Waals surface area contributed by atoms with Crippen molar-refractivity contribution >= 4 is 5.91 Å². The first kappa shape index (κ1) is 13.7. The van der Waals surface area contributed by atoms with E-state index >= 15 is 0 Å². The first-order valence-corrected chi connectivity index (χ1v) is 5.69. The Hall–Kier alpha value is -1.36. The number of nitrogens with one attached hydrogen (secondary N) is 1. The first-order valence-electron chi connectivity index (χ1n) is 5.69. The standard InChI is InChI=1S/C12H22N4O/c1-11(2,12(3,4)13)10(17)16(5)8-9-14-6-7-15-9/h6-7H,8,13H2,1-5H3,(H,14,15). The number of nitrogens with two attached hydrogens (primary N) is 1. The maximum Gasteiger partial charge on any atom is 0.230 e. The lowest BCUT2D eigenvalue weighted by Gasteiger charge is -2.39. The molecular formula is C12H22N4O. The minimum atomic E-state index is -0.617. The lowest BCUT2D eigenvalue weighted by Crippen LogP contribution is -2.55. The Morgan fingerprint density at radius 2 is 2.06 bits per heavy atom. The van der Waals surface area contributed by atoms with Crippen LogP contribution in [0.25, 0.3) is 0 Å². The van der Waals surface area contributed by atoms with E-state index in [1.54, 1.807) is 24.3 Å². The van der Waals surface area contributed by atoms with Crippen molar-refractivity contribution in [2.24, 2.45) is 11.1 Å². The molecule has 96 valence electrons. The molecule has 0 fully saturated rings. The fourth-order valence-electron chi connectivity index (χ4n) is 1.43. The molecule has 1 amide bonds. The molecule has 5 nitrogen and oxygen atoms in total. The molecule has 0 aromatic carbocycles. The van der Waals surface area contributed by atoms with Crippen LogP contribution < -0.4 is 5.73 Å². The highest BCUT2D eigenvalue weighted by molar-refractivity contribution is 5.83. The maximum atomic E-state index is 12.3. The number of imidazole rings is 1. The van der Waals surface area contributed by atoms with Gasteiger partial charge in [0.1, 0.15) is 5.82 Å². The number of amides is 1. The van der Waals surface area contributed by atoms with Gasteiger partial charge in [0.25, 0.3) is 0 Å². The summed E-state index contributed by atoms with van der Waals surface area (Å²) in [6, 6.07) is 0. The predicted octanol–water partition coefficient (Wildman–Crippen LogP) is 1.13. The fraction of sp³-hybridized carbons (Fsp3) is 0.667. The van der Waals surface area contributed by atoms with Gasteiger partial charge in [-0.05, 0) is 27.7 Å². The zero-order chi connectivity index (χ0) is 13.3. The van der Waals surface area contributed by atoms with E-state index in [1.807, 2.05) is 27.7 Å². The summed E-state index contributed by atoms with van der Waals surface area (Å²) < 4.78 is 0. The maximum absolute atomic E-state index is 12.3. The zero-order valence-corrected chi connectivity index (χ0v) is 11.2. The highest BCUT2D eigenvalue weighted by atomic mass is 16.2. The summed E-state index contributed by atoms with van der Waals surface area (Å²) in [4.78, 5) is 21.1. The Morgan fingerprint density at radius 1 is 1.47 bits per heavy atom. The van der Waals surface area contributed by atoms with Crippen molar-refractivity contribution in [3.8, 4) is 0 Å². The third-order valence-electron chi connectivity index (χ3n) is 3.43. The van der Waals surface area contributed by atoms with Gasteiger partial charge in [-0.3, -0.25) is 4.79 Å². The SMILES string of the molecule is CN(Cc1ncc[nH]1)C(=O)C(C)(C)C(C)(C)N.